The van der Waals surface area contributed by atoms with Gasteiger partial charge in [-0.05, 0) is 30.5 Å². The molecule has 2 aromatic carbocycles. The molecule has 1 amide bonds. The van der Waals surface area contributed by atoms with Gasteiger partial charge in [0.1, 0.15) is 10.8 Å². The molecule has 1 fully saturated rings. The van der Waals surface area contributed by atoms with Crippen molar-refractivity contribution in [2.24, 2.45) is 0 Å². The molecule has 1 aliphatic heterocycles. The number of hydrogen-bond acceptors (Lipinski definition) is 4. The summed E-state index contributed by atoms with van der Waals surface area (Å²) in [4.78, 5) is 19.3. The largest absolute Gasteiger partial charge is 0.353 e. The Kier molecular flexibility index (Phi) is 6.32. The Balaban J connectivity index is 1.25. The summed E-state index contributed by atoms with van der Waals surface area (Å²) in [5.41, 5.74) is 2.49. The lowest BCUT2D eigenvalue weighted by molar-refractivity contribution is -0.121. The van der Waals surface area contributed by atoms with Crippen molar-refractivity contribution in [2.45, 2.75) is 31.8 Å². The molecule has 1 saturated heterocycles. The molecule has 4 rings (SSSR count). The summed E-state index contributed by atoms with van der Waals surface area (Å²) in [5, 5.41) is 5.59. The number of hydrogen-bond donors (Lipinski definition) is 1. The van der Waals surface area contributed by atoms with Crippen LogP contribution < -0.4 is 5.32 Å². The van der Waals surface area contributed by atoms with Crippen molar-refractivity contribution < 1.29 is 9.18 Å². The highest BCUT2D eigenvalue weighted by atomic mass is 32.1. The van der Waals surface area contributed by atoms with Crippen LogP contribution in [0.3, 0.4) is 0 Å². The van der Waals surface area contributed by atoms with Crippen LogP contribution in [0, 0.1) is 5.82 Å². The van der Waals surface area contributed by atoms with Gasteiger partial charge in [-0.25, -0.2) is 9.37 Å². The average molecular weight is 410 g/mol. The van der Waals surface area contributed by atoms with E-state index in [2.05, 4.69) is 39.5 Å². The van der Waals surface area contributed by atoms with Crippen LogP contribution in [0.1, 0.15) is 24.1 Å². The van der Waals surface area contributed by atoms with Gasteiger partial charge in [0.05, 0.1) is 12.1 Å². The molecule has 0 unspecified atom stereocenters. The van der Waals surface area contributed by atoms with Crippen molar-refractivity contribution in [1.29, 1.82) is 0 Å². The molecule has 1 N–H and O–H groups in total. The number of carbonyl (C=O) groups is 1. The molecule has 4 nitrogen and oxygen atoms in total. The number of halogens is 1. The molecule has 6 heteroatoms. The summed E-state index contributed by atoms with van der Waals surface area (Å²) in [7, 11) is 0. The van der Waals surface area contributed by atoms with E-state index in [0.717, 1.165) is 32.5 Å². The first kappa shape index (κ1) is 19.7. The van der Waals surface area contributed by atoms with Gasteiger partial charge in [-0.3, -0.25) is 9.69 Å². The van der Waals surface area contributed by atoms with Crippen LogP contribution in [0.25, 0.3) is 10.6 Å². The molecule has 2 heterocycles. The van der Waals surface area contributed by atoms with Crippen molar-refractivity contribution in [3.8, 4) is 10.6 Å². The van der Waals surface area contributed by atoms with Crippen molar-refractivity contribution in [3.05, 3.63) is 77.1 Å². The first-order valence-corrected chi connectivity index (χ1v) is 10.8. The molecule has 0 aliphatic carbocycles. The Morgan fingerprint density at radius 2 is 1.83 bits per heavy atom. The van der Waals surface area contributed by atoms with E-state index in [1.54, 1.807) is 18.2 Å². The molecule has 0 atom stereocenters. The molecule has 0 saturated carbocycles. The first-order chi connectivity index (χ1) is 14.2. The number of benzene rings is 2. The zero-order valence-corrected chi connectivity index (χ0v) is 17.0. The third-order valence-corrected chi connectivity index (χ3v) is 6.12. The van der Waals surface area contributed by atoms with Crippen molar-refractivity contribution in [1.82, 2.24) is 15.2 Å². The number of piperidine rings is 1. The highest BCUT2D eigenvalue weighted by Crippen LogP contribution is 2.26. The van der Waals surface area contributed by atoms with E-state index in [1.165, 1.54) is 23.0 Å². The van der Waals surface area contributed by atoms with Crippen molar-refractivity contribution in [2.75, 3.05) is 13.1 Å². The monoisotopic (exact) mass is 409 g/mol. The number of amides is 1. The second kappa shape index (κ2) is 9.29. The second-order valence-corrected chi connectivity index (χ2v) is 8.26. The zero-order valence-electron chi connectivity index (χ0n) is 16.2. The van der Waals surface area contributed by atoms with Gasteiger partial charge in [-0.2, -0.15) is 0 Å². The minimum atomic E-state index is -0.292. The summed E-state index contributed by atoms with van der Waals surface area (Å²) in [6, 6.07) is 17.3. The lowest BCUT2D eigenvalue weighted by Gasteiger charge is -2.32. The molecule has 0 spiro atoms. The van der Waals surface area contributed by atoms with Crippen LogP contribution in [0.5, 0.6) is 0 Å². The SMILES string of the molecule is O=C(Cc1csc(-c2ccccc2F)n1)NC1CCN(Cc2ccccc2)CC1. The van der Waals surface area contributed by atoms with Crippen LogP contribution in [-0.2, 0) is 17.8 Å². The van der Waals surface area contributed by atoms with Gasteiger partial charge in [0.25, 0.3) is 0 Å². The highest BCUT2D eigenvalue weighted by molar-refractivity contribution is 7.13. The van der Waals surface area contributed by atoms with Crippen LogP contribution in [0.15, 0.2) is 60.0 Å². The van der Waals surface area contributed by atoms with E-state index in [4.69, 9.17) is 0 Å². The van der Waals surface area contributed by atoms with Crippen LogP contribution >= 0.6 is 11.3 Å². The van der Waals surface area contributed by atoms with Crippen LogP contribution in [0.4, 0.5) is 4.39 Å². The normalized spacial score (nSPS) is 15.3. The molecule has 0 radical (unpaired) electrons. The van der Waals surface area contributed by atoms with E-state index in [1.807, 2.05) is 11.4 Å². The predicted molar refractivity (Wildman–Crippen MR) is 114 cm³/mol. The number of aromatic nitrogens is 1. The Morgan fingerprint density at radius 1 is 1.10 bits per heavy atom. The maximum absolute atomic E-state index is 13.9. The fourth-order valence-electron chi connectivity index (χ4n) is 3.67. The van der Waals surface area contributed by atoms with E-state index in [9.17, 15) is 9.18 Å². The summed E-state index contributed by atoms with van der Waals surface area (Å²) in [5.74, 6) is -0.308. The third-order valence-electron chi connectivity index (χ3n) is 5.20. The summed E-state index contributed by atoms with van der Waals surface area (Å²) in [6.45, 7) is 2.92. The standard InChI is InChI=1S/C23H24FN3OS/c24-21-9-5-4-8-20(21)23-26-19(16-29-23)14-22(28)25-18-10-12-27(13-11-18)15-17-6-2-1-3-7-17/h1-9,16,18H,10-15H2,(H,25,28). The number of carbonyl (C=O) groups excluding carboxylic acids is 1. The molecule has 150 valence electrons. The molecular formula is C23H24FN3OS. The lowest BCUT2D eigenvalue weighted by Crippen LogP contribution is -2.44. The summed E-state index contributed by atoms with van der Waals surface area (Å²) in [6.07, 6.45) is 2.14. The Bertz CT molecular complexity index is 952. The van der Waals surface area contributed by atoms with E-state index in [0.29, 0.717) is 16.3 Å². The van der Waals surface area contributed by atoms with Gasteiger partial charge < -0.3 is 5.32 Å². The highest BCUT2D eigenvalue weighted by Gasteiger charge is 2.21. The first-order valence-electron chi connectivity index (χ1n) is 9.92. The summed E-state index contributed by atoms with van der Waals surface area (Å²) < 4.78 is 13.9. The Hall–Kier alpha value is -2.57. The topological polar surface area (TPSA) is 45.2 Å². The smallest absolute Gasteiger partial charge is 0.226 e. The molecule has 3 aromatic rings. The Labute approximate surface area is 174 Å². The molecule has 29 heavy (non-hydrogen) atoms. The third kappa shape index (κ3) is 5.28. The van der Waals surface area contributed by atoms with E-state index >= 15 is 0 Å². The van der Waals surface area contributed by atoms with E-state index < -0.39 is 0 Å². The van der Waals surface area contributed by atoms with Gasteiger partial charge in [0.2, 0.25) is 5.91 Å². The predicted octanol–water partition coefficient (Wildman–Crippen LogP) is 4.27. The number of rotatable bonds is 6. The molecule has 1 aliphatic rings. The fraction of sp³-hybridized carbons (Fsp3) is 0.304. The summed E-state index contributed by atoms with van der Waals surface area (Å²) >= 11 is 1.37. The van der Waals surface area contributed by atoms with Gasteiger partial charge in [0.15, 0.2) is 0 Å². The molecular weight excluding hydrogens is 385 g/mol. The number of thiazole rings is 1. The molecule has 1 aromatic heterocycles. The van der Waals surface area contributed by atoms with Crippen LogP contribution in [-0.4, -0.2) is 34.9 Å². The quantitative estimate of drug-likeness (QED) is 0.661. The van der Waals surface area contributed by atoms with Crippen LogP contribution in [0.2, 0.25) is 0 Å². The average Bonchev–Trinajstić information content (AvgIpc) is 3.18. The van der Waals surface area contributed by atoms with Gasteiger partial charge in [-0.1, -0.05) is 42.5 Å². The Morgan fingerprint density at radius 3 is 2.59 bits per heavy atom. The van der Waals surface area contributed by atoms with Gasteiger partial charge in [-0.15, -0.1) is 11.3 Å². The van der Waals surface area contributed by atoms with E-state index in [-0.39, 0.29) is 24.2 Å². The van der Waals surface area contributed by atoms with Gasteiger partial charge >= 0.3 is 0 Å². The van der Waals surface area contributed by atoms with Crippen molar-refractivity contribution in [3.63, 3.8) is 0 Å². The fourth-order valence-corrected chi connectivity index (χ4v) is 4.51. The number of nitrogens with one attached hydrogen (secondary N) is 1. The van der Waals surface area contributed by atoms with Gasteiger partial charge in [0, 0.05) is 36.6 Å². The number of nitrogens with zero attached hydrogens (tertiary/aromatic N) is 2. The molecule has 0 bridgehead atoms. The minimum absolute atomic E-state index is 0.0168. The minimum Gasteiger partial charge on any atom is -0.353 e. The lowest BCUT2D eigenvalue weighted by atomic mass is 10.0. The second-order valence-electron chi connectivity index (χ2n) is 7.40. The maximum Gasteiger partial charge on any atom is 0.226 e. The van der Waals surface area contributed by atoms with Crippen molar-refractivity contribution >= 4 is 17.2 Å². The number of likely N-dealkylation sites (tertiary alicyclic amines) is 1. The maximum atomic E-state index is 13.9. The zero-order chi connectivity index (χ0) is 20.1.